The Morgan fingerprint density at radius 2 is 0.326 bits per heavy atom. The van der Waals surface area contributed by atoms with Gasteiger partial charge in [-0.3, -0.25) is 0 Å². The minimum Gasteiger partial charge on any atom is -0.456 e. The van der Waals surface area contributed by atoms with Crippen LogP contribution in [-0.2, 0) is 28.8 Å². The lowest BCUT2D eigenvalue weighted by Gasteiger charge is -2.43. The first-order valence-electron chi connectivity index (χ1n) is 15.9. The summed E-state index contributed by atoms with van der Waals surface area (Å²) in [7, 11) is -17.6. The molecular formula is C26H78O7Si10. The van der Waals surface area contributed by atoms with E-state index in [9.17, 15) is 0 Å². The summed E-state index contributed by atoms with van der Waals surface area (Å²) in [6.45, 7) is 57.1. The van der Waals surface area contributed by atoms with Crippen molar-refractivity contribution in [3.05, 3.63) is 0 Å². The Morgan fingerprint density at radius 1 is 0.186 bits per heavy atom. The van der Waals surface area contributed by atoms with Crippen molar-refractivity contribution in [2.24, 2.45) is 0 Å². The van der Waals surface area contributed by atoms with Gasteiger partial charge < -0.3 is 28.8 Å². The molecule has 7 nitrogen and oxygen atoms in total. The summed E-state index contributed by atoms with van der Waals surface area (Å²) in [5.41, 5.74) is 0. The van der Waals surface area contributed by atoms with Crippen LogP contribution in [0.2, 0.25) is 170 Å². The van der Waals surface area contributed by atoms with Crippen molar-refractivity contribution in [2.75, 3.05) is 0 Å². The molecule has 0 atom stereocenters. The van der Waals surface area contributed by atoms with Gasteiger partial charge in [0.15, 0.2) is 66.5 Å². The average molecular weight is 784 g/mol. The van der Waals surface area contributed by atoms with Crippen LogP contribution in [0.4, 0.5) is 0 Å². The maximum absolute atomic E-state index is 6.47. The summed E-state index contributed by atoms with van der Waals surface area (Å²) in [6.07, 6.45) is 0. The Morgan fingerprint density at radius 3 is 0.419 bits per heavy atom. The van der Waals surface area contributed by atoms with Crippen LogP contribution in [0.3, 0.4) is 0 Å². The molecule has 0 bridgehead atoms. The van der Waals surface area contributed by atoms with Gasteiger partial charge in [0, 0.05) is 0 Å². The first-order valence-corrected chi connectivity index (χ1v) is 47.6. The van der Waals surface area contributed by atoms with Gasteiger partial charge in [-0.05, 0) is 170 Å². The largest absolute Gasteiger partial charge is 0.636 e. The van der Waals surface area contributed by atoms with E-state index in [0.29, 0.717) is 0 Å². The van der Waals surface area contributed by atoms with Crippen LogP contribution < -0.4 is 0 Å². The molecule has 0 amide bonds. The summed E-state index contributed by atoms with van der Waals surface area (Å²) in [4.78, 5) is 0. The average Bonchev–Trinajstić information content (AvgIpc) is 2.37. The van der Waals surface area contributed by atoms with Gasteiger partial charge in [0.2, 0.25) is 0 Å². The molecule has 0 aliphatic rings. The van der Waals surface area contributed by atoms with Crippen molar-refractivity contribution in [2.45, 2.75) is 170 Å². The Balaban J connectivity index is -0.000000618. The summed E-state index contributed by atoms with van der Waals surface area (Å²) in [5.74, 6) is 0. The Labute approximate surface area is 281 Å². The molecule has 0 radical (unpaired) electrons. The van der Waals surface area contributed by atoms with Gasteiger partial charge in [-0.1, -0.05) is 0 Å². The third-order valence-electron chi connectivity index (χ3n) is 3.44. The van der Waals surface area contributed by atoms with Crippen LogP contribution in [0.1, 0.15) is 0 Å². The van der Waals surface area contributed by atoms with Gasteiger partial charge in [0.05, 0.1) is 0 Å². The van der Waals surface area contributed by atoms with E-state index in [4.69, 9.17) is 28.8 Å². The highest BCUT2D eigenvalue weighted by molar-refractivity contribution is 6.91. The van der Waals surface area contributed by atoms with E-state index in [0.717, 1.165) is 0 Å². The van der Waals surface area contributed by atoms with Crippen molar-refractivity contribution < 1.29 is 28.8 Å². The second kappa shape index (κ2) is 17.0. The molecule has 43 heavy (non-hydrogen) atoms. The van der Waals surface area contributed by atoms with Crippen LogP contribution >= 0.6 is 0 Å². The maximum atomic E-state index is 6.47. The Hall–Kier alpha value is 1.89. The topological polar surface area (TPSA) is 64.6 Å². The smallest absolute Gasteiger partial charge is 0.456 e. The predicted octanol–water partition coefficient (Wildman–Crippen LogP) is 10.9. The fraction of sp³-hybridized carbons (Fsp3) is 1.00. The molecule has 0 saturated heterocycles. The van der Waals surface area contributed by atoms with Gasteiger partial charge in [-0.25, -0.2) is 0 Å². The molecule has 0 aromatic carbocycles. The van der Waals surface area contributed by atoms with Crippen molar-refractivity contribution in [1.82, 2.24) is 0 Å². The van der Waals surface area contributed by atoms with E-state index in [1.807, 2.05) is 0 Å². The van der Waals surface area contributed by atoms with Gasteiger partial charge in [0.1, 0.15) is 0 Å². The zero-order valence-corrected chi connectivity index (χ0v) is 43.9. The third-order valence-corrected chi connectivity index (χ3v) is 31.0. The molecule has 0 aromatic heterocycles. The van der Waals surface area contributed by atoms with Crippen LogP contribution in [0.15, 0.2) is 0 Å². The first kappa shape index (κ1) is 49.3. The van der Waals surface area contributed by atoms with Crippen molar-refractivity contribution in [1.29, 1.82) is 0 Å². The van der Waals surface area contributed by atoms with Crippen LogP contribution in [0, 0.1) is 0 Å². The molecule has 0 fully saturated rings. The van der Waals surface area contributed by atoms with Crippen molar-refractivity contribution in [3.8, 4) is 0 Å². The van der Waals surface area contributed by atoms with E-state index in [1.165, 1.54) is 0 Å². The fourth-order valence-corrected chi connectivity index (χ4v) is 39.0. The molecule has 0 aliphatic carbocycles. The molecule has 0 aliphatic heterocycles. The highest BCUT2D eigenvalue weighted by Crippen LogP contribution is 2.29. The van der Waals surface area contributed by atoms with Crippen LogP contribution in [0.25, 0.3) is 0 Å². The molecule has 0 saturated carbocycles. The molecule has 0 rings (SSSR count). The third kappa shape index (κ3) is 40.0. The molecule has 0 unspecified atom stereocenters. The summed E-state index contributed by atoms with van der Waals surface area (Å²) in [6, 6.07) is 0. The quantitative estimate of drug-likeness (QED) is 0.163. The van der Waals surface area contributed by atoms with Gasteiger partial charge in [-0.2, -0.15) is 0 Å². The van der Waals surface area contributed by atoms with E-state index in [1.54, 1.807) is 0 Å². The zero-order valence-electron chi connectivity index (χ0n) is 33.9. The molecule has 264 valence electrons. The highest BCUT2D eigenvalue weighted by Gasteiger charge is 2.55. The lowest BCUT2D eigenvalue weighted by Crippen LogP contribution is -2.65. The standard InChI is InChI=1S/C12H36O4Si5.C8H24O2Si3.C6H18OSi2/c1-17(2,3)13-21(14-18(4,5)6,15-19(7,8)9)16-20(10,11)12;1-11(2,3)9-13(7,8)10-12(4,5)6;1-8(2,3)7-9(4,5)6/h1-12H3;1-8H3;1-6H3. The van der Waals surface area contributed by atoms with Crippen LogP contribution in [-0.4, -0.2) is 84.1 Å². The molecule has 0 aromatic rings. The minimum absolute atomic E-state index is 1.23. The lowest BCUT2D eigenvalue weighted by atomic mass is 11.8. The van der Waals surface area contributed by atoms with E-state index in [-0.39, 0.29) is 0 Å². The van der Waals surface area contributed by atoms with Gasteiger partial charge in [-0.15, -0.1) is 0 Å². The second-order valence-corrected chi connectivity index (χ2v) is 62.8. The summed E-state index contributed by atoms with van der Waals surface area (Å²) < 4.78 is 44.0. The number of rotatable bonds is 14. The Kier molecular flexibility index (Phi) is 19.5. The maximum Gasteiger partial charge on any atom is 0.636 e. The number of hydrogen-bond acceptors (Lipinski definition) is 7. The van der Waals surface area contributed by atoms with E-state index in [2.05, 4.69) is 170 Å². The molecule has 0 spiro atoms. The van der Waals surface area contributed by atoms with E-state index < -0.39 is 84.1 Å². The normalized spacial score (nSPS) is 14.9. The highest BCUT2D eigenvalue weighted by atomic mass is 28.5. The molecular weight excluding hydrogens is 705 g/mol. The Bertz CT molecular complexity index is 690. The first-order chi connectivity index (χ1) is 17.9. The molecule has 17 heteroatoms. The monoisotopic (exact) mass is 782 g/mol. The van der Waals surface area contributed by atoms with Gasteiger partial charge >= 0.3 is 17.6 Å². The zero-order chi connectivity index (χ0) is 35.9. The fourth-order valence-electron chi connectivity index (χ4n) is 4.04. The number of hydrogen-bond donors (Lipinski definition) is 0. The van der Waals surface area contributed by atoms with Gasteiger partial charge in [0.25, 0.3) is 0 Å². The molecule has 0 N–H and O–H groups in total. The lowest BCUT2D eigenvalue weighted by molar-refractivity contribution is 0.149. The van der Waals surface area contributed by atoms with E-state index >= 15 is 0 Å². The SMILES string of the molecule is C[Si](C)(C)O[Si](C)(C)C.C[Si](C)(C)O[Si](C)(C)O[Si](C)(C)C.C[Si](C)(C)O[Si](O[Si](C)(C)C)(O[Si](C)(C)C)O[Si](C)(C)C. The summed E-state index contributed by atoms with van der Waals surface area (Å²) in [5, 5.41) is 0. The second-order valence-electron chi connectivity index (χ2n) is 19.5. The van der Waals surface area contributed by atoms with Crippen LogP contribution in [0.5, 0.6) is 0 Å². The van der Waals surface area contributed by atoms with Crippen molar-refractivity contribution in [3.63, 3.8) is 0 Å². The summed E-state index contributed by atoms with van der Waals surface area (Å²) >= 11 is 0. The predicted molar refractivity (Wildman–Crippen MR) is 218 cm³/mol. The minimum atomic E-state index is -3.09. The van der Waals surface area contributed by atoms with Crippen molar-refractivity contribution >= 4 is 84.1 Å². The molecule has 0 heterocycles.